The van der Waals surface area contributed by atoms with E-state index in [1.54, 1.807) is 0 Å². The number of carbonyl (C=O) groups is 1. The Labute approximate surface area is 95.3 Å². The molecule has 1 aromatic rings. The van der Waals surface area contributed by atoms with Gasteiger partial charge in [0.2, 0.25) is 0 Å². The minimum atomic E-state index is -4.69. The van der Waals surface area contributed by atoms with Crippen molar-refractivity contribution in [3.05, 3.63) is 28.0 Å². The molecule has 0 aliphatic carbocycles. The summed E-state index contributed by atoms with van der Waals surface area (Å²) in [5.74, 6) is -2.00. The molecule has 0 unspecified atom stereocenters. The number of hydrogen-bond acceptors (Lipinski definition) is 2. The lowest BCUT2D eigenvalue weighted by molar-refractivity contribution is -0.138. The fourth-order valence-corrected chi connectivity index (χ4v) is 1.47. The van der Waals surface area contributed by atoms with Crippen LogP contribution >= 0.6 is 15.9 Å². The van der Waals surface area contributed by atoms with Crippen LogP contribution in [0.5, 0.6) is 5.75 Å². The van der Waals surface area contributed by atoms with Crippen LogP contribution in [-0.2, 0) is 6.18 Å². The summed E-state index contributed by atoms with van der Waals surface area (Å²) in [6, 6.07) is 0.894. The van der Waals surface area contributed by atoms with Gasteiger partial charge in [-0.3, -0.25) is 0 Å². The van der Waals surface area contributed by atoms with Crippen LogP contribution in [0.25, 0.3) is 0 Å². The van der Waals surface area contributed by atoms with Gasteiger partial charge in [-0.05, 0) is 12.1 Å². The molecule has 1 rings (SSSR count). The van der Waals surface area contributed by atoms with Gasteiger partial charge in [-0.2, -0.15) is 13.2 Å². The number of rotatable bonds is 1. The Bertz CT molecular complexity index is 433. The average Bonchev–Trinajstić information content (AvgIpc) is 2.06. The Kier molecular flexibility index (Phi) is 3.41. The molecule has 8 heteroatoms. The number of ether oxygens (including phenoxy) is 1. The van der Waals surface area contributed by atoms with Crippen LogP contribution in [0.15, 0.2) is 16.6 Å². The normalized spacial score (nSPS) is 11.3. The lowest BCUT2D eigenvalue weighted by atomic mass is 10.2. The summed E-state index contributed by atoms with van der Waals surface area (Å²) >= 11 is 2.55. The van der Waals surface area contributed by atoms with Gasteiger partial charge in [-0.25, -0.2) is 9.18 Å². The Morgan fingerprint density at radius 2 is 1.94 bits per heavy atom. The molecule has 3 nitrogen and oxygen atoms in total. The quantitative estimate of drug-likeness (QED) is 0.811. The van der Waals surface area contributed by atoms with Gasteiger partial charge in [-0.1, -0.05) is 15.9 Å². The molecule has 0 atom stereocenters. The summed E-state index contributed by atoms with van der Waals surface area (Å²) in [7, 11) is 0. The van der Waals surface area contributed by atoms with E-state index in [2.05, 4.69) is 26.4 Å². The van der Waals surface area contributed by atoms with Gasteiger partial charge in [0.25, 0.3) is 0 Å². The highest BCUT2D eigenvalue weighted by molar-refractivity contribution is 9.10. The second-order valence-corrected chi connectivity index (χ2v) is 3.54. The maximum atomic E-state index is 13.0. The first-order chi connectivity index (χ1) is 7.21. The first kappa shape index (κ1) is 12.8. The molecule has 16 heavy (non-hydrogen) atoms. The molecule has 0 bridgehead atoms. The number of hydrogen-bond donors (Lipinski definition) is 1. The maximum absolute atomic E-state index is 13.0. The van der Waals surface area contributed by atoms with Crippen molar-refractivity contribution in [2.45, 2.75) is 6.18 Å². The Balaban J connectivity index is 3.27. The summed E-state index contributed by atoms with van der Waals surface area (Å²) in [6.07, 6.45) is -6.09. The molecule has 0 saturated heterocycles. The standard InChI is InChI=1S/C8H4BrF4NO2/c9-4-2-5(10)6(16-7(14)15)1-3(4)8(11,12)13/h1-2H,(H2,14,15). The predicted molar refractivity (Wildman–Crippen MR) is 49.3 cm³/mol. The van der Waals surface area contributed by atoms with Crippen molar-refractivity contribution >= 4 is 22.0 Å². The first-order valence-corrected chi connectivity index (χ1v) is 4.54. The zero-order chi connectivity index (χ0) is 12.5. The molecule has 0 radical (unpaired) electrons. The average molecular weight is 302 g/mol. The molecule has 0 fully saturated rings. The van der Waals surface area contributed by atoms with Crippen molar-refractivity contribution in [1.82, 2.24) is 0 Å². The van der Waals surface area contributed by atoms with Crippen LogP contribution in [0.2, 0.25) is 0 Å². The van der Waals surface area contributed by atoms with E-state index < -0.39 is 33.9 Å². The van der Waals surface area contributed by atoms with Gasteiger partial charge in [-0.15, -0.1) is 0 Å². The Morgan fingerprint density at radius 1 is 1.38 bits per heavy atom. The van der Waals surface area contributed by atoms with Crippen LogP contribution in [-0.4, -0.2) is 6.09 Å². The SMILES string of the molecule is NC(=O)Oc1cc(C(F)(F)F)c(Br)cc1F. The molecule has 0 aromatic heterocycles. The minimum absolute atomic E-state index is 0.351. The van der Waals surface area contributed by atoms with E-state index in [-0.39, 0.29) is 0 Å². The van der Waals surface area contributed by atoms with Crippen LogP contribution < -0.4 is 10.5 Å². The van der Waals surface area contributed by atoms with Gasteiger partial charge < -0.3 is 10.5 Å². The molecule has 0 saturated carbocycles. The van der Waals surface area contributed by atoms with Crippen molar-refractivity contribution in [2.75, 3.05) is 0 Å². The molecule has 0 spiro atoms. The monoisotopic (exact) mass is 301 g/mol. The number of primary amides is 1. The molecule has 0 aliphatic heterocycles. The van der Waals surface area contributed by atoms with Crippen LogP contribution in [0.1, 0.15) is 5.56 Å². The van der Waals surface area contributed by atoms with E-state index in [9.17, 15) is 22.4 Å². The second kappa shape index (κ2) is 4.28. The fraction of sp³-hybridized carbons (Fsp3) is 0.125. The molecule has 0 aliphatic rings. The van der Waals surface area contributed by atoms with E-state index in [0.29, 0.717) is 12.1 Å². The number of halogens is 5. The molecule has 88 valence electrons. The zero-order valence-electron chi connectivity index (χ0n) is 7.44. The maximum Gasteiger partial charge on any atom is 0.417 e. The van der Waals surface area contributed by atoms with Crippen molar-refractivity contribution in [1.29, 1.82) is 0 Å². The van der Waals surface area contributed by atoms with E-state index in [1.165, 1.54) is 0 Å². The third-order valence-corrected chi connectivity index (χ3v) is 2.19. The van der Waals surface area contributed by atoms with Gasteiger partial charge in [0.1, 0.15) is 0 Å². The van der Waals surface area contributed by atoms with Gasteiger partial charge in [0.05, 0.1) is 5.56 Å². The van der Waals surface area contributed by atoms with Crippen molar-refractivity contribution < 1.29 is 27.1 Å². The number of carbonyl (C=O) groups excluding carboxylic acids is 1. The van der Waals surface area contributed by atoms with E-state index in [1.807, 2.05) is 0 Å². The van der Waals surface area contributed by atoms with Crippen LogP contribution in [0.3, 0.4) is 0 Å². The molecule has 1 amide bonds. The lowest BCUT2D eigenvalue weighted by Gasteiger charge is -2.11. The van der Waals surface area contributed by atoms with Gasteiger partial charge >= 0.3 is 12.3 Å². The van der Waals surface area contributed by atoms with E-state index in [4.69, 9.17) is 0 Å². The van der Waals surface area contributed by atoms with Crippen LogP contribution in [0, 0.1) is 5.82 Å². The molecule has 2 N–H and O–H groups in total. The highest BCUT2D eigenvalue weighted by atomic mass is 79.9. The van der Waals surface area contributed by atoms with Crippen molar-refractivity contribution in [3.63, 3.8) is 0 Å². The number of alkyl halides is 3. The number of nitrogens with two attached hydrogens (primary N) is 1. The lowest BCUT2D eigenvalue weighted by Crippen LogP contribution is -2.18. The smallest absolute Gasteiger partial charge is 0.407 e. The van der Waals surface area contributed by atoms with Crippen LogP contribution in [0.4, 0.5) is 22.4 Å². The van der Waals surface area contributed by atoms with E-state index in [0.717, 1.165) is 0 Å². The molecule has 0 heterocycles. The molecular formula is C8H4BrF4NO2. The van der Waals surface area contributed by atoms with Crippen molar-refractivity contribution in [3.8, 4) is 5.75 Å². The van der Waals surface area contributed by atoms with Crippen molar-refractivity contribution in [2.24, 2.45) is 5.73 Å². The largest absolute Gasteiger partial charge is 0.417 e. The summed E-state index contributed by atoms with van der Waals surface area (Å²) < 4.78 is 53.8. The summed E-state index contributed by atoms with van der Waals surface area (Å²) in [6.45, 7) is 0. The predicted octanol–water partition coefficient (Wildman–Crippen LogP) is 3.06. The van der Waals surface area contributed by atoms with E-state index >= 15 is 0 Å². The second-order valence-electron chi connectivity index (χ2n) is 2.68. The first-order valence-electron chi connectivity index (χ1n) is 3.75. The Hall–Kier alpha value is -1.31. The number of amides is 1. The highest BCUT2D eigenvalue weighted by Gasteiger charge is 2.34. The number of benzene rings is 1. The molecule has 1 aromatic carbocycles. The third kappa shape index (κ3) is 2.84. The highest BCUT2D eigenvalue weighted by Crippen LogP contribution is 2.38. The van der Waals surface area contributed by atoms with Gasteiger partial charge in [0, 0.05) is 4.47 Å². The third-order valence-electron chi connectivity index (χ3n) is 1.54. The summed E-state index contributed by atoms with van der Waals surface area (Å²) in [4.78, 5) is 10.3. The topological polar surface area (TPSA) is 52.3 Å². The van der Waals surface area contributed by atoms with Gasteiger partial charge in [0.15, 0.2) is 11.6 Å². The summed E-state index contributed by atoms with van der Waals surface area (Å²) in [5, 5.41) is 0. The summed E-state index contributed by atoms with van der Waals surface area (Å²) in [5.41, 5.74) is 3.41. The Morgan fingerprint density at radius 3 is 2.38 bits per heavy atom. The fourth-order valence-electron chi connectivity index (χ4n) is 0.933. The zero-order valence-corrected chi connectivity index (χ0v) is 9.02. The minimum Gasteiger partial charge on any atom is -0.407 e. The molecular weight excluding hydrogens is 298 g/mol.